The van der Waals surface area contributed by atoms with Gasteiger partial charge >= 0.3 is 5.97 Å². The standard InChI is InChI=1S/C15H14N2O3S/c1-17(15(20)12-4-6-16-7-5-12)9-11-8-13(21-10-11)2-3-14(18)19/h2-8,10H,9H2,1H3,(H,18,19). The van der Waals surface area contributed by atoms with Gasteiger partial charge in [-0.25, -0.2) is 4.79 Å². The topological polar surface area (TPSA) is 70.5 Å². The van der Waals surface area contributed by atoms with Crippen LogP contribution in [0.25, 0.3) is 6.08 Å². The Bertz CT molecular complexity index is 665. The molecule has 0 saturated heterocycles. The van der Waals surface area contributed by atoms with Crippen molar-refractivity contribution in [2.75, 3.05) is 7.05 Å². The molecule has 5 nitrogen and oxygen atoms in total. The molecule has 0 spiro atoms. The molecule has 0 fully saturated rings. The zero-order valence-electron chi connectivity index (χ0n) is 11.4. The number of hydrogen-bond acceptors (Lipinski definition) is 4. The molecule has 0 aromatic carbocycles. The maximum atomic E-state index is 12.2. The molecule has 6 heteroatoms. The normalized spacial score (nSPS) is 10.7. The van der Waals surface area contributed by atoms with Gasteiger partial charge in [-0.3, -0.25) is 9.78 Å². The zero-order valence-corrected chi connectivity index (χ0v) is 12.2. The molecular weight excluding hydrogens is 288 g/mol. The van der Waals surface area contributed by atoms with E-state index in [1.807, 2.05) is 11.4 Å². The summed E-state index contributed by atoms with van der Waals surface area (Å²) in [6.07, 6.45) is 5.81. The lowest BCUT2D eigenvalue weighted by Gasteiger charge is -2.16. The third-order valence-electron chi connectivity index (χ3n) is 2.76. The number of nitrogens with zero attached hydrogens (tertiary/aromatic N) is 2. The van der Waals surface area contributed by atoms with Gasteiger partial charge in [0.15, 0.2) is 0 Å². The van der Waals surface area contributed by atoms with E-state index in [0.717, 1.165) is 16.5 Å². The van der Waals surface area contributed by atoms with E-state index < -0.39 is 5.97 Å². The minimum Gasteiger partial charge on any atom is -0.478 e. The average Bonchev–Trinajstić information content (AvgIpc) is 2.92. The summed E-state index contributed by atoms with van der Waals surface area (Å²) in [7, 11) is 1.73. The van der Waals surface area contributed by atoms with Crippen LogP contribution in [-0.2, 0) is 11.3 Å². The molecule has 2 heterocycles. The van der Waals surface area contributed by atoms with Crippen LogP contribution < -0.4 is 0 Å². The van der Waals surface area contributed by atoms with Crippen LogP contribution in [0.5, 0.6) is 0 Å². The molecule has 2 aromatic heterocycles. The first-order valence-corrected chi connectivity index (χ1v) is 7.08. The number of amides is 1. The Morgan fingerprint density at radius 2 is 2.10 bits per heavy atom. The molecule has 21 heavy (non-hydrogen) atoms. The summed E-state index contributed by atoms with van der Waals surface area (Å²) in [5.41, 5.74) is 1.56. The Balaban J connectivity index is 2.01. The maximum absolute atomic E-state index is 12.2. The summed E-state index contributed by atoms with van der Waals surface area (Å²) in [6, 6.07) is 5.22. The first kappa shape index (κ1) is 14.9. The van der Waals surface area contributed by atoms with Gasteiger partial charge in [0.1, 0.15) is 0 Å². The summed E-state index contributed by atoms with van der Waals surface area (Å²) < 4.78 is 0. The van der Waals surface area contributed by atoms with Gasteiger partial charge in [0.2, 0.25) is 0 Å². The third kappa shape index (κ3) is 4.25. The van der Waals surface area contributed by atoms with Crippen LogP contribution in [0.15, 0.2) is 42.0 Å². The lowest BCUT2D eigenvalue weighted by atomic mass is 10.2. The number of aliphatic carboxylic acids is 1. The van der Waals surface area contributed by atoms with Gasteiger partial charge in [-0.05, 0) is 35.2 Å². The fraction of sp³-hybridized carbons (Fsp3) is 0.133. The molecule has 0 radical (unpaired) electrons. The van der Waals surface area contributed by atoms with Gasteiger partial charge in [-0.1, -0.05) is 0 Å². The SMILES string of the molecule is CN(Cc1csc(C=CC(=O)O)c1)C(=O)c1ccncc1. The van der Waals surface area contributed by atoms with Crippen LogP contribution in [0.3, 0.4) is 0 Å². The second kappa shape index (κ2) is 6.81. The second-order valence-electron chi connectivity index (χ2n) is 4.43. The molecule has 2 rings (SSSR count). The maximum Gasteiger partial charge on any atom is 0.328 e. The minimum atomic E-state index is -0.977. The van der Waals surface area contributed by atoms with E-state index in [2.05, 4.69) is 4.98 Å². The molecule has 0 aliphatic heterocycles. The van der Waals surface area contributed by atoms with E-state index >= 15 is 0 Å². The van der Waals surface area contributed by atoms with Crippen LogP contribution >= 0.6 is 11.3 Å². The first-order valence-electron chi connectivity index (χ1n) is 6.20. The van der Waals surface area contributed by atoms with Gasteiger partial charge in [0.25, 0.3) is 5.91 Å². The number of thiophene rings is 1. The second-order valence-corrected chi connectivity index (χ2v) is 5.37. The predicted molar refractivity (Wildman–Crippen MR) is 81.0 cm³/mol. The molecule has 108 valence electrons. The van der Waals surface area contributed by atoms with Gasteiger partial charge in [-0.2, -0.15) is 0 Å². The van der Waals surface area contributed by atoms with Gasteiger partial charge in [0, 0.05) is 42.5 Å². The largest absolute Gasteiger partial charge is 0.478 e. The van der Waals surface area contributed by atoms with Crippen molar-refractivity contribution in [2.45, 2.75) is 6.54 Å². The number of aromatic nitrogens is 1. The van der Waals surface area contributed by atoms with Crippen molar-refractivity contribution in [1.82, 2.24) is 9.88 Å². The summed E-state index contributed by atoms with van der Waals surface area (Å²) in [5.74, 6) is -1.05. The molecule has 1 amide bonds. The molecule has 0 aliphatic carbocycles. The molecule has 0 saturated carbocycles. The summed E-state index contributed by atoms with van der Waals surface area (Å²) >= 11 is 1.44. The Kier molecular flexibility index (Phi) is 4.84. The van der Waals surface area contributed by atoms with Crippen molar-refractivity contribution >= 4 is 29.3 Å². The fourth-order valence-corrected chi connectivity index (χ4v) is 2.57. The highest BCUT2D eigenvalue weighted by Crippen LogP contribution is 2.18. The quantitative estimate of drug-likeness (QED) is 0.862. The summed E-state index contributed by atoms with van der Waals surface area (Å²) in [5, 5.41) is 10.5. The fourth-order valence-electron chi connectivity index (χ4n) is 1.78. The van der Waals surface area contributed by atoms with Crippen molar-refractivity contribution in [1.29, 1.82) is 0 Å². The van der Waals surface area contributed by atoms with Crippen molar-refractivity contribution < 1.29 is 14.7 Å². The van der Waals surface area contributed by atoms with E-state index in [1.54, 1.807) is 42.6 Å². The lowest BCUT2D eigenvalue weighted by Crippen LogP contribution is -2.25. The molecule has 0 unspecified atom stereocenters. The molecule has 0 atom stereocenters. The summed E-state index contributed by atoms with van der Waals surface area (Å²) in [6.45, 7) is 0.471. The number of hydrogen-bond donors (Lipinski definition) is 1. The van der Waals surface area contributed by atoms with Crippen LogP contribution in [0, 0.1) is 0 Å². The summed E-state index contributed by atoms with van der Waals surface area (Å²) in [4.78, 5) is 29.0. The Hall–Kier alpha value is -2.47. The number of carbonyl (C=O) groups is 2. The van der Waals surface area contributed by atoms with Gasteiger partial charge in [-0.15, -0.1) is 11.3 Å². The highest BCUT2D eigenvalue weighted by molar-refractivity contribution is 7.11. The van der Waals surface area contributed by atoms with Crippen LogP contribution in [0.1, 0.15) is 20.8 Å². The smallest absolute Gasteiger partial charge is 0.328 e. The third-order valence-corrected chi connectivity index (χ3v) is 3.70. The van der Waals surface area contributed by atoms with Gasteiger partial charge < -0.3 is 10.0 Å². The van der Waals surface area contributed by atoms with Crippen LogP contribution in [0.2, 0.25) is 0 Å². The van der Waals surface area contributed by atoms with Crippen molar-refractivity contribution in [3.63, 3.8) is 0 Å². The highest BCUT2D eigenvalue weighted by Gasteiger charge is 2.12. The van der Waals surface area contributed by atoms with E-state index in [9.17, 15) is 9.59 Å². The van der Waals surface area contributed by atoms with Crippen LogP contribution in [0.4, 0.5) is 0 Å². The molecule has 0 aliphatic rings. The Morgan fingerprint density at radius 1 is 1.38 bits per heavy atom. The lowest BCUT2D eigenvalue weighted by molar-refractivity contribution is -0.131. The predicted octanol–water partition coefficient (Wildman–Crippen LogP) is 2.51. The number of pyridine rings is 1. The van der Waals surface area contributed by atoms with E-state index in [1.165, 1.54) is 11.3 Å². The molecular formula is C15H14N2O3S. The molecule has 0 bridgehead atoms. The zero-order chi connectivity index (χ0) is 15.2. The van der Waals surface area contributed by atoms with Crippen LogP contribution in [-0.4, -0.2) is 33.9 Å². The molecule has 2 aromatic rings. The first-order chi connectivity index (χ1) is 10.1. The van der Waals surface area contributed by atoms with E-state index in [4.69, 9.17) is 5.11 Å². The van der Waals surface area contributed by atoms with E-state index in [0.29, 0.717) is 12.1 Å². The number of carbonyl (C=O) groups excluding carboxylic acids is 1. The van der Waals surface area contributed by atoms with E-state index in [-0.39, 0.29) is 5.91 Å². The number of carboxylic acids is 1. The monoisotopic (exact) mass is 302 g/mol. The van der Waals surface area contributed by atoms with Crippen molar-refractivity contribution in [3.05, 3.63) is 58.1 Å². The van der Waals surface area contributed by atoms with Crippen molar-refractivity contribution in [3.8, 4) is 0 Å². The highest BCUT2D eigenvalue weighted by atomic mass is 32.1. The minimum absolute atomic E-state index is 0.0776. The molecule has 1 N–H and O–H groups in total. The Labute approximate surface area is 126 Å². The van der Waals surface area contributed by atoms with Gasteiger partial charge in [0.05, 0.1) is 0 Å². The average molecular weight is 302 g/mol. The van der Waals surface area contributed by atoms with Crippen molar-refractivity contribution in [2.24, 2.45) is 0 Å². The number of rotatable bonds is 5. The number of carboxylic acid groups (broad SMARTS) is 1. The Morgan fingerprint density at radius 3 is 2.76 bits per heavy atom.